The first kappa shape index (κ1) is 23.6. The van der Waals surface area contributed by atoms with Crippen molar-refractivity contribution in [3.05, 3.63) is 53.7 Å². The molecular weight excluding hydrogens is 422 g/mol. The van der Waals surface area contributed by atoms with Crippen LogP contribution in [0.4, 0.5) is 14.6 Å². The van der Waals surface area contributed by atoms with Crippen molar-refractivity contribution in [3.8, 4) is 0 Å². The summed E-state index contributed by atoms with van der Waals surface area (Å²) in [5.74, 6) is -1.01. The predicted molar refractivity (Wildman–Crippen MR) is 117 cm³/mol. The molecule has 0 amide bonds. The van der Waals surface area contributed by atoms with Crippen LogP contribution >= 0.6 is 0 Å². The van der Waals surface area contributed by atoms with Crippen LogP contribution in [0.25, 0.3) is 0 Å². The van der Waals surface area contributed by atoms with Crippen LogP contribution in [0.2, 0.25) is 0 Å². The lowest BCUT2D eigenvalue weighted by molar-refractivity contribution is 0.211. The Morgan fingerprint density at radius 1 is 1.10 bits per heavy atom. The summed E-state index contributed by atoms with van der Waals surface area (Å²) in [5, 5.41) is 3.36. The van der Waals surface area contributed by atoms with Crippen LogP contribution in [0.5, 0.6) is 0 Å². The highest BCUT2D eigenvalue weighted by Gasteiger charge is 2.21. The molecular formula is C22H30F2N4O2S. The molecule has 2 heterocycles. The molecule has 3 rings (SSSR count). The molecule has 0 unspecified atom stereocenters. The topological polar surface area (TPSA) is 74.3 Å². The molecule has 0 spiro atoms. The molecule has 0 saturated carbocycles. The molecule has 1 aromatic heterocycles. The second kappa shape index (κ2) is 10.5. The number of anilines is 1. The van der Waals surface area contributed by atoms with Gasteiger partial charge in [0.15, 0.2) is 11.6 Å². The summed E-state index contributed by atoms with van der Waals surface area (Å²) in [6.07, 6.45) is 4.60. The first-order valence-corrected chi connectivity index (χ1v) is 12.2. The van der Waals surface area contributed by atoms with Gasteiger partial charge >= 0.3 is 0 Å². The Morgan fingerprint density at radius 2 is 1.81 bits per heavy atom. The molecule has 170 valence electrons. The summed E-state index contributed by atoms with van der Waals surface area (Å²) in [6.45, 7) is 6.12. The Hall–Kier alpha value is -2.10. The molecule has 0 aliphatic carbocycles. The standard InChI is InChI=1S/C22H30F2N4O2S/c1-3-17(4-2)27-31(29,30)19-6-8-22(25-14-19)26-18-9-11-28(12-10-18)15-16-5-7-20(23)21(24)13-16/h5-8,13-14,17-18,27H,3-4,9-12,15H2,1-2H3,(H,25,26). The molecule has 1 saturated heterocycles. The van der Waals surface area contributed by atoms with E-state index in [1.807, 2.05) is 13.8 Å². The minimum absolute atomic E-state index is 0.0839. The summed E-state index contributed by atoms with van der Waals surface area (Å²) in [6, 6.07) is 7.41. The molecule has 1 aromatic carbocycles. The lowest BCUT2D eigenvalue weighted by Crippen LogP contribution is -2.38. The number of halogens is 2. The minimum Gasteiger partial charge on any atom is -0.367 e. The van der Waals surface area contributed by atoms with Gasteiger partial charge in [0.05, 0.1) is 0 Å². The summed E-state index contributed by atoms with van der Waals surface area (Å²) < 4.78 is 54.1. The van der Waals surface area contributed by atoms with Crippen molar-refractivity contribution < 1.29 is 17.2 Å². The maximum Gasteiger partial charge on any atom is 0.242 e. The van der Waals surface area contributed by atoms with Crippen LogP contribution in [-0.2, 0) is 16.6 Å². The molecule has 1 fully saturated rings. The molecule has 1 aliphatic heterocycles. The molecule has 2 aromatic rings. The van der Waals surface area contributed by atoms with E-state index in [2.05, 4.69) is 19.9 Å². The highest BCUT2D eigenvalue weighted by atomic mass is 32.2. The highest BCUT2D eigenvalue weighted by Crippen LogP contribution is 2.19. The van der Waals surface area contributed by atoms with Gasteiger partial charge in [-0.05, 0) is 55.5 Å². The van der Waals surface area contributed by atoms with Gasteiger partial charge in [-0.1, -0.05) is 19.9 Å². The Morgan fingerprint density at radius 3 is 2.39 bits per heavy atom. The number of benzene rings is 1. The lowest BCUT2D eigenvalue weighted by atomic mass is 10.0. The number of piperidine rings is 1. The van der Waals surface area contributed by atoms with E-state index in [-0.39, 0.29) is 17.0 Å². The number of nitrogens with zero attached hydrogens (tertiary/aromatic N) is 2. The van der Waals surface area contributed by atoms with Crippen molar-refractivity contribution in [2.24, 2.45) is 0 Å². The highest BCUT2D eigenvalue weighted by molar-refractivity contribution is 7.89. The van der Waals surface area contributed by atoms with Crippen LogP contribution in [0.15, 0.2) is 41.4 Å². The van der Waals surface area contributed by atoms with E-state index < -0.39 is 21.7 Å². The Labute approximate surface area is 183 Å². The molecule has 31 heavy (non-hydrogen) atoms. The number of rotatable bonds is 9. The Balaban J connectivity index is 1.50. The fourth-order valence-electron chi connectivity index (χ4n) is 3.71. The van der Waals surface area contributed by atoms with E-state index >= 15 is 0 Å². The van der Waals surface area contributed by atoms with Crippen molar-refractivity contribution in [3.63, 3.8) is 0 Å². The Kier molecular flexibility index (Phi) is 7.96. The summed E-state index contributed by atoms with van der Waals surface area (Å²) in [7, 11) is -3.57. The van der Waals surface area contributed by atoms with E-state index in [4.69, 9.17) is 0 Å². The normalized spacial score (nSPS) is 16.0. The SMILES string of the molecule is CCC(CC)NS(=O)(=O)c1ccc(NC2CCN(Cc3ccc(F)c(F)c3)CC2)nc1. The van der Waals surface area contributed by atoms with E-state index in [1.165, 1.54) is 12.3 Å². The molecule has 1 aliphatic rings. The minimum atomic E-state index is -3.57. The average Bonchev–Trinajstić information content (AvgIpc) is 2.76. The van der Waals surface area contributed by atoms with Crippen LogP contribution in [-0.4, -0.2) is 43.5 Å². The van der Waals surface area contributed by atoms with Crippen molar-refractivity contribution in [1.82, 2.24) is 14.6 Å². The summed E-state index contributed by atoms with van der Waals surface area (Å²) >= 11 is 0. The van der Waals surface area contributed by atoms with Gasteiger partial charge < -0.3 is 5.32 Å². The average molecular weight is 453 g/mol. The fourth-order valence-corrected chi connectivity index (χ4v) is 5.06. The third kappa shape index (κ3) is 6.44. The number of hydrogen-bond donors (Lipinski definition) is 2. The fraction of sp³-hybridized carbons (Fsp3) is 0.500. The van der Waals surface area contributed by atoms with Crippen LogP contribution < -0.4 is 10.0 Å². The maximum absolute atomic E-state index is 13.4. The Bertz CT molecular complexity index is 958. The summed E-state index contributed by atoms with van der Waals surface area (Å²) in [5.41, 5.74) is 0.755. The van der Waals surface area contributed by atoms with Crippen LogP contribution in [0.1, 0.15) is 45.1 Å². The van der Waals surface area contributed by atoms with Crippen molar-refractivity contribution in [2.45, 2.75) is 63.1 Å². The number of hydrogen-bond acceptors (Lipinski definition) is 5. The van der Waals surface area contributed by atoms with E-state index in [0.717, 1.165) is 50.4 Å². The molecule has 6 nitrogen and oxygen atoms in total. The summed E-state index contributed by atoms with van der Waals surface area (Å²) in [4.78, 5) is 6.65. The molecule has 0 bridgehead atoms. The third-order valence-corrected chi connectivity index (χ3v) is 7.19. The zero-order valence-electron chi connectivity index (χ0n) is 17.9. The number of likely N-dealkylation sites (tertiary alicyclic amines) is 1. The predicted octanol–water partition coefficient (Wildman–Crippen LogP) is 3.90. The molecule has 0 radical (unpaired) electrons. The van der Waals surface area contributed by atoms with Gasteiger partial charge in [0.25, 0.3) is 0 Å². The smallest absolute Gasteiger partial charge is 0.242 e. The largest absolute Gasteiger partial charge is 0.367 e. The zero-order valence-corrected chi connectivity index (χ0v) is 18.8. The third-order valence-electron chi connectivity index (χ3n) is 5.68. The number of sulfonamides is 1. The van der Waals surface area contributed by atoms with Gasteiger partial charge in [0.1, 0.15) is 10.7 Å². The number of aromatic nitrogens is 1. The van der Waals surface area contributed by atoms with Gasteiger partial charge in [-0.3, -0.25) is 4.90 Å². The molecule has 9 heteroatoms. The first-order chi connectivity index (χ1) is 14.8. The quantitative estimate of drug-likeness (QED) is 0.604. The first-order valence-electron chi connectivity index (χ1n) is 10.7. The van der Waals surface area contributed by atoms with Crippen molar-refractivity contribution in [1.29, 1.82) is 0 Å². The van der Waals surface area contributed by atoms with Gasteiger partial charge in [0.2, 0.25) is 10.0 Å². The van der Waals surface area contributed by atoms with E-state index in [1.54, 1.807) is 18.2 Å². The molecule has 2 N–H and O–H groups in total. The van der Waals surface area contributed by atoms with Gasteiger partial charge in [-0.25, -0.2) is 26.9 Å². The number of pyridine rings is 1. The van der Waals surface area contributed by atoms with Gasteiger partial charge in [-0.15, -0.1) is 0 Å². The second-order valence-corrected chi connectivity index (χ2v) is 9.67. The zero-order chi connectivity index (χ0) is 22.4. The lowest BCUT2D eigenvalue weighted by Gasteiger charge is -2.32. The number of nitrogens with one attached hydrogen (secondary N) is 2. The van der Waals surface area contributed by atoms with Crippen molar-refractivity contribution in [2.75, 3.05) is 18.4 Å². The van der Waals surface area contributed by atoms with Gasteiger partial charge in [0, 0.05) is 37.9 Å². The second-order valence-electron chi connectivity index (χ2n) is 7.96. The van der Waals surface area contributed by atoms with E-state index in [0.29, 0.717) is 12.4 Å². The monoisotopic (exact) mass is 452 g/mol. The van der Waals surface area contributed by atoms with Crippen molar-refractivity contribution >= 4 is 15.8 Å². The maximum atomic E-state index is 13.4. The van der Waals surface area contributed by atoms with Crippen LogP contribution in [0.3, 0.4) is 0 Å². The van der Waals surface area contributed by atoms with Gasteiger partial charge in [-0.2, -0.15) is 0 Å². The molecule has 0 atom stereocenters. The van der Waals surface area contributed by atoms with Crippen LogP contribution in [0, 0.1) is 11.6 Å². The van der Waals surface area contributed by atoms with E-state index in [9.17, 15) is 17.2 Å².